The van der Waals surface area contributed by atoms with Crippen LogP contribution in [-0.2, 0) is 6.54 Å². The highest BCUT2D eigenvalue weighted by Gasteiger charge is 2.12. The lowest BCUT2D eigenvalue weighted by atomic mass is 10.1. The molecule has 2 heterocycles. The minimum Gasteiger partial charge on any atom is -0.372 e. The Morgan fingerprint density at radius 2 is 1.86 bits per heavy atom. The molecule has 0 radical (unpaired) electrons. The summed E-state index contributed by atoms with van der Waals surface area (Å²) < 4.78 is 0. The molecule has 0 bridgehead atoms. The molecule has 1 atom stereocenters. The van der Waals surface area contributed by atoms with Gasteiger partial charge in [-0.15, -0.1) is 0 Å². The van der Waals surface area contributed by atoms with E-state index in [9.17, 15) is 0 Å². The number of hydrogen-bond acceptors (Lipinski definition) is 3. The van der Waals surface area contributed by atoms with Crippen LogP contribution in [-0.4, -0.2) is 18.1 Å². The highest BCUT2D eigenvalue weighted by Crippen LogP contribution is 2.20. The van der Waals surface area contributed by atoms with Crippen LogP contribution in [0.25, 0.3) is 0 Å². The topological polar surface area (TPSA) is 28.2 Å². The Morgan fingerprint density at radius 3 is 2.52 bits per heavy atom. The van der Waals surface area contributed by atoms with E-state index in [1.807, 2.05) is 18.3 Å². The summed E-state index contributed by atoms with van der Waals surface area (Å²) in [7, 11) is 0. The van der Waals surface area contributed by atoms with Gasteiger partial charge in [0.1, 0.15) is 0 Å². The van der Waals surface area contributed by atoms with Crippen molar-refractivity contribution in [2.45, 2.75) is 32.4 Å². The van der Waals surface area contributed by atoms with Crippen LogP contribution >= 0.6 is 0 Å². The molecule has 21 heavy (non-hydrogen) atoms. The molecule has 0 spiro atoms. The number of anilines is 1. The standard InChI is InChI=1S/C18H23N3/c1-15(18-6-2-3-11-19-18)20-14-16-7-9-17(10-8-16)21-12-4-5-13-21/h2-3,6-11,15,20H,4-5,12-14H2,1H3/t15-/m0/s1. The molecule has 0 aliphatic carbocycles. The number of pyridine rings is 1. The first-order valence-corrected chi connectivity index (χ1v) is 7.81. The smallest absolute Gasteiger partial charge is 0.0570 e. The molecule has 1 aromatic carbocycles. The Hall–Kier alpha value is -1.87. The summed E-state index contributed by atoms with van der Waals surface area (Å²) in [5.74, 6) is 0. The summed E-state index contributed by atoms with van der Waals surface area (Å²) in [6, 6.07) is 15.3. The first-order chi connectivity index (χ1) is 10.3. The zero-order valence-corrected chi connectivity index (χ0v) is 12.6. The van der Waals surface area contributed by atoms with Crippen molar-refractivity contribution in [1.29, 1.82) is 0 Å². The lowest BCUT2D eigenvalue weighted by molar-refractivity contribution is 0.561. The third-order valence-electron chi connectivity index (χ3n) is 4.15. The van der Waals surface area contributed by atoms with Crippen molar-refractivity contribution in [3.63, 3.8) is 0 Å². The molecule has 1 aliphatic heterocycles. The molecular weight excluding hydrogens is 258 g/mol. The predicted octanol–water partition coefficient (Wildman–Crippen LogP) is 3.53. The normalized spacial score (nSPS) is 16.1. The molecule has 3 heteroatoms. The van der Waals surface area contributed by atoms with Gasteiger partial charge < -0.3 is 10.2 Å². The van der Waals surface area contributed by atoms with E-state index in [0.29, 0.717) is 0 Å². The van der Waals surface area contributed by atoms with E-state index in [4.69, 9.17) is 0 Å². The third-order valence-corrected chi connectivity index (χ3v) is 4.15. The molecule has 1 aromatic heterocycles. The minimum atomic E-state index is 0.268. The van der Waals surface area contributed by atoms with E-state index in [-0.39, 0.29) is 6.04 Å². The highest BCUT2D eigenvalue weighted by molar-refractivity contribution is 5.48. The monoisotopic (exact) mass is 281 g/mol. The van der Waals surface area contributed by atoms with Crippen LogP contribution in [0.3, 0.4) is 0 Å². The van der Waals surface area contributed by atoms with Gasteiger partial charge in [-0.2, -0.15) is 0 Å². The number of nitrogens with one attached hydrogen (secondary N) is 1. The molecule has 3 nitrogen and oxygen atoms in total. The molecule has 3 rings (SSSR count). The van der Waals surface area contributed by atoms with E-state index >= 15 is 0 Å². The number of nitrogens with zero attached hydrogens (tertiary/aromatic N) is 2. The van der Waals surface area contributed by atoms with E-state index < -0.39 is 0 Å². The van der Waals surface area contributed by atoms with Crippen LogP contribution in [0.1, 0.15) is 37.1 Å². The van der Waals surface area contributed by atoms with Crippen molar-refractivity contribution >= 4 is 5.69 Å². The summed E-state index contributed by atoms with van der Waals surface area (Å²) in [5, 5.41) is 3.53. The van der Waals surface area contributed by atoms with Gasteiger partial charge in [0, 0.05) is 37.6 Å². The van der Waals surface area contributed by atoms with Gasteiger partial charge in [0.2, 0.25) is 0 Å². The number of rotatable bonds is 5. The summed E-state index contributed by atoms with van der Waals surface area (Å²) in [6.07, 6.45) is 4.49. The molecule has 0 unspecified atom stereocenters. The second kappa shape index (κ2) is 6.72. The van der Waals surface area contributed by atoms with Gasteiger partial charge in [-0.3, -0.25) is 4.98 Å². The fourth-order valence-electron chi connectivity index (χ4n) is 2.81. The fraction of sp³-hybridized carbons (Fsp3) is 0.389. The number of benzene rings is 1. The maximum atomic E-state index is 4.39. The largest absolute Gasteiger partial charge is 0.372 e. The summed E-state index contributed by atoms with van der Waals surface area (Å²) in [4.78, 5) is 6.85. The van der Waals surface area contributed by atoms with Crippen molar-refractivity contribution < 1.29 is 0 Å². The Labute approximate surface area is 127 Å². The Kier molecular flexibility index (Phi) is 4.51. The van der Waals surface area contributed by atoms with Crippen LogP contribution in [0, 0.1) is 0 Å². The summed E-state index contributed by atoms with van der Waals surface area (Å²) in [6.45, 7) is 5.43. The molecule has 1 aliphatic rings. The molecule has 0 saturated carbocycles. The molecule has 2 aromatic rings. The maximum absolute atomic E-state index is 4.39. The predicted molar refractivity (Wildman–Crippen MR) is 87.4 cm³/mol. The minimum absolute atomic E-state index is 0.268. The van der Waals surface area contributed by atoms with Crippen molar-refractivity contribution in [3.8, 4) is 0 Å². The number of aromatic nitrogens is 1. The van der Waals surface area contributed by atoms with Crippen LogP contribution in [0.4, 0.5) is 5.69 Å². The van der Waals surface area contributed by atoms with Crippen molar-refractivity contribution in [2.75, 3.05) is 18.0 Å². The molecule has 1 N–H and O–H groups in total. The SMILES string of the molecule is C[C@H](NCc1ccc(N2CCCC2)cc1)c1ccccn1. The lowest BCUT2D eigenvalue weighted by Gasteiger charge is -2.18. The van der Waals surface area contributed by atoms with Crippen molar-refractivity contribution in [2.24, 2.45) is 0 Å². The van der Waals surface area contributed by atoms with E-state index in [1.54, 1.807) is 0 Å². The quantitative estimate of drug-likeness (QED) is 0.908. The fourth-order valence-corrected chi connectivity index (χ4v) is 2.81. The van der Waals surface area contributed by atoms with Crippen LogP contribution in [0.15, 0.2) is 48.7 Å². The Morgan fingerprint density at radius 1 is 1.10 bits per heavy atom. The van der Waals surface area contributed by atoms with Crippen LogP contribution in [0.2, 0.25) is 0 Å². The van der Waals surface area contributed by atoms with Gasteiger partial charge in [-0.1, -0.05) is 18.2 Å². The van der Waals surface area contributed by atoms with Crippen molar-refractivity contribution in [3.05, 3.63) is 59.9 Å². The van der Waals surface area contributed by atoms with Gasteiger partial charge in [-0.05, 0) is 49.6 Å². The second-order valence-electron chi connectivity index (χ2n) is 5.72. The average Bonchev–Trinajstić information content (AvgIpc) is 3.08. The summed E-state index contributed by atoms with van der Waals surface area (Å²) >= 11 is 0. The lowest BCUT2D eigenvalue weighted by Crippen LogP contribution is -2.19. The first-order valence-electron chi connectivity index (χ1n) is 7.81. The molecular formula is C18H23N3. The average molecular weight is 281 g/mol. The van der Waals surface area contributed by atoms with Crippen molar-refractivity contribution in [1.82, 2.24) is 10.3 Å². The van der Waals surface area contributed by atoms with Gasteiger partial charge in [-0.25, -0.2) is 0 Å². The Balaban J connectivity index is 1.55. The van der Waals surface area contributed by atoms with Crippen LogP contribution in [0.5, 0.6) is 0 Å². The summed E-state index contributed by atoms with van der Waals surface area (Å²) in [5.41, 5.74) is 3.76. The van der Waals surface area contributed by atoms with Gasteiger partial charge in [0.05, 0.1) is 5.69 Å². The van der Waals surface area contributed by atoms with Crippen LogP contribution < -0.4 is 10.2 Å². The molecule has 0 amide bonds. The third kappa shape index (κ3) is 3.61. The molecule has 1 fully saturated rings. The first kappa shape index (κ1) is 14.1. The molecule has 110 valence electrons. The Bertz CT molecular complexity index is 544. The van der Waals surface area contributed by atoms with E-state index in [0.717, 1.165) is 12.2 Å². The van der Waals surface area contributed by atoms with Gasteiger partial charge in [0.25, 0.3) is 0 Å². The van der Waals surface area contributed by atoms with E-state index in [2.05, 4.69) is 52.5 Å². The zero-order valence-electron chi connectivity index (χ0n) is 12.6. The van der Waals surface area contributed by atoms with E-state index in [1.165, 1.54) is 37.2 Å². The van der Waals surface area contributed by atoms with Gasteiger partial charge in [0.15, 0.2) is 0 Å². The zero-order chi connectivity index (χ0) is 14.5. The molecule has 1 saturated heterocycles. The maximum Gasteiger partial charge on any atom is 0.0570 e. The van der Waals surface area contributed by atoms with Gasteiger partial charge >= 0.3 is 0 Å². The second-order valence-corrected chi connectivity index (χ2v) is 5.72. The highest BCUT2D eigenvalue weighted by atomic mass is 15.1. The number of hydrogen-bond donors (Lipinski definition) is 1.